The second kappa shape index (κ2) is 5.69. The molecule has 0 aliphatic heterocycles. The minimum absolute atomic E-state index is 0.207. The molecule has 1 aromatic rings. The summed E-state index contributed by atoms with van der Waals surface area (Å²) in [4.78, 5) is 1.13. The van der Waals surface area contributed by atoms with Gasteiger partial charge in [0.1, 0.15) is 0 Å². The van der Waals surface area contributed by atoms with E-state index >= 15 is 0 Å². The summed E-state index contributed by atoms with van der Waals surface area (Å²) >= 11 is 1.58. The maximum Gasteiger partial charge on any atom is 0.0763 e. The lowest BCUT2D eigenvalue weighted by Crippen LogP contribution is -2.07. The van der Waals surface area contributed by atoms with Crippen LogP contribution in [0.1, 0.15) is 12.0 Å². The molecule has 0 aromatic heterocycles. The number of nitrogens with zero attached hydrogens (tertiary/aromatic N) is 1. The highest BCUT2D eigenvalue weighted by molar-refractivity contribution is 7.99. The van der Waals surface area contributed by atoms with Crippen molar-refractivity contribution < 1.29 is 5.11 Å². The number of thioether (sulfide) groups is 1. The fourth-order valence-corrected chi connectivity index (χ4v) is 1.82. The van der Waals surface area contributed by atoms with Gasteiger partial charge in [0.2, 0.25) is 0 Å². The average molecular weight is 207 g/mol. The molecule has 0 aliphatic carbocycles. The molecule has 0 radical (unpaired) electrons. The predicted molar refractivity (Wildman–Crippen MR) is 58.1 cm³/mol. The van der Waals surface area contributed by atoms with Crippen LogP contribution in [0.4, 0.5) is 0 Å². The van der Waals surface area contributed by atoms with Gasteiger partial charge in [0.25, 0.3) is 0 Å². The van der Waals surface area contributed by atoms with E-state index in [-0.39, 0.29) is 6.42 Å². The van der Waals surface area contributed by atoms with Crippen LogP contribution >= 0.6 is 11.8 Å². The molecule has 0 fully saturated rings. The number of nitriles is 1. The Kier molecular flexibility index (Phi) is 4.51. The van der Waals surface area contributed by atoms with E-state index in [1.165, 1.54) is 5.56 Å². The van der Waals surface area contributed by atoms with Crippen LogP contribution in [-0.4, -0.2) is 17.0 Å². The van der Waals surface area contributed by atoms with Crippen LogP contribution in [0.3, 0.4) is 0 Å². The number of hydrogen-bond acceptors (Lipinski definition) is 3. The number of rotatable bonds is 4. The molecule has 0 spiro atoms. The summed E-state index contributed by atoms with van der Waals surface area (Å²) in [6.45, 7) is 2.04. The number of benzene rings is 1. The van der Waals surface area contributed by atoms with Gasteiger partial charge < -0.3 is 5.11 Å². The Labute approximate surface area is 88.6 Å². The smallest absolute Gasteiger partial charge is 0.0763 e. The minimum atomic E-state index is -0.522. The summed E-state index contributed by atoms with van der Waals surface area (Å²) < 4.78 is 0. The van der Waals surface area contributed by atoms with Crippen LogP contribution < -0.4 is 0 Å². The zero-order chi connectivity index (χ0) is 10.4. The van der Waals surface area contributed by atoms with E-state index in [0.29, 0.717) is 5.75 Å². The maximum atomic E-state index is 9.32. The molecule has 3 heteroatoms. The SMILES string of the molecule is Cc1ccc(SCC(O)CC#N)cc1. The quantitative estimate of drug-likeness (QED) is 0.771. The molecule has 0 bridgehead atoms. The lowest BCUT2D eigenvalue weighted by atomic mass is 10.2. The maximum absolute atomic E-state index is 9.32. The Balaban J connectivity index is 2.39. The van der Waals surface area contributed by atoms with Crippen LogP contribution in [0.5, 0.6) is 0 Å². The van der Waals surface area contributed by atoms with Gasteiger partial charge in [-0.25, -0.2) is 0 Å². The lowest BCUT2D eigenvalue weighted by molar-refractivity contribution is 0.205. The second-order valence-corrected chi connectivity index (χ2v) is 4.23. The molecule has 14 heavy (non-hydrogen) atoms. The van der Waals surface area contributed by atoms with Gasteiger partial charge in [-0.2, -0.15) is 5.26 Å². The van der Waals surface area contributed by atoms with Crippen molar-refractivity contribution in [2.45, 2.75) is 24.3 Å². The Morgan fingerprint density at radius 2 is 2.07 bits per heavy atom. The summed E-state index contributed by atoms with van der Waals surface area (Å²) in [5, 5.41) is 17.7. The number of aryl methyl sites for hydroxylation is 1. The van der Waals surface area contributed by atoms with Crippen molar-refractivity contribution in [1.82, 2.24) is 0 Å². The Morgan fingerprint density at radius 1 is 1.43 bits per heavy atom. The van der Waals surface area contributed by atoms with E-state index in [4.69, 9.17) is 5.26 Å². The summed E-state index contributed by atoms with van der Waals surface area (Å²) in [5.74, 6) is 0.580. The van der Waals surface area contributed by atoms with Gasteiger partial charge in [-0.3, -0.25) is 0 Å². The van der Waals surface area contributed by atoms with Crippen LogP contribution in [0, 0.1) is 18.3 Å². The van der Waals surface area contributed by atoms with Crippen molar-refractivity contribution in [3.05, 3.63) is 29.8 Å². The van der Waals surface area contributed by atoms with Gasteiger partial charge in [0.15, 0.2) is 0 Å². The Morgan fingerprint density at radius 3 is 2.64 bits per heavy atom. The van der Waals surface area contributed by atoms with Crippen molar-refractivity contribution in [3.63, 3.8) is 0 Å². The standard InChI is InChI=1S/C11H13NOS/c1-9-2-4-11(5-3-9)14-8-10(13)6-7-12/h2-5,10,13H,6,8H2,1H3. The molecule has 1 N–H and O–H groups in total. The van der Waals surface area contributed by atoms with Gasteiger partial charge in [-0.1, -0.05) is 17.7 Å². The molecule has 1 rings (SSSR count). The third kappa shape index (κ3) is 3.82. The number of aliphatic hydroxyl groups excluding tert-OH is 1. The highest BCUT2D eigenvalue weighted by Crippen LogP contribution is 2.19. The first-order chi connectivity index (χ1) is 6.72. The third-order valence-corrected chi connectivity index (χ3v) is 2.95. The van der Waals surface area contributed by atoms with Crippen molar-refractivity contribution in [1.29, 1.82) is 5.26 Å². The van der Waals surface area contributed by atoms with Crippen LogP contribution in [0.25, 0.3) is 0 Å². The molecular formula is C11H13NOS. The van der Waals surface area contributed by atoms with E-state index in [2.05, 4.69) is 0 Å². The minimum Gasteiger partial charge on any atom is -0.391 e. The van der Waals surface area contributed by atoms with Gasteiger partial charge in [0, 0.05) is 10.6 Å². The number of hydrogen-bond donors (Lipinski definition) is 1. The van der Waals surface area contributed by atoms with Gasteiger partial charge in [0.05, 0.1) is 18.6 Å². The van der Waals surface area contributed by atoms with Crippen molar-refractivity contribution in [3.8, 4) is 6.07 Å². The largest absolute Gasteiger partial charge is 0.391 e. The fraction of sp³-hybridized carbons (Fsp3) is 0.364. The fourth-order valence-electron chi connectivity index (χ4n) is 0.991. The monoisotopic (exact) mass is 207 g/mol. The van der Waals surface area contributed by atoms with Crippen molar-refractivity contribution in [2.24, 2.45) is 0 Å². The predicted octanol–water partition coefficient (Wildman–Crippen LogP) is 2.36. The molecule has 0 amide bonds. The summed E-state index contributed by atoms with van der Waals surface area (Å²) in [5.41, 5.74) is 1.23. The summed E-state index contributed by atoms with van der Waals surface area (Å²) in [6, 6.07) is 10.1. The van der Waals surface area contributed by atoms with E-state index in [1.807, 2.05) is 37.3 Å². The highest BCUT2D eigenvalue weighted by atomic mass is 32.2. The van der Waals surface area contributed by atoms with Gasteiger partial charge in [-0.05, 0) is 19.1 Å². The van der Waals surface area contributed by atoms with Crippen molar-refractivity contribution in [2.75, 3.05) is 5.75 Å². The average Bonchev–Trinajstić information content (AvgIpc) is 2.17. The first-order valence-electron chi connectivity index (χ1n) is 4.47. The molecule has 1 unspecified atom stereocenters. The topological polar surface area (TPSA) is 44.0 Å². The van der Waals surface area contributed by atoms with E-state index < -0.39 is 6.10 Å². The molecule has 2 nitrogen and oxygen atoms in total. The van der Waals surface area contributed by atoms with E-state index in [9.17, 15) is 5.11 Å². The first-order valence-corrected chi connectivity index (χ1v) is 5.45. The second-order valence-electron chi connectivity index (χ2n) is 3.14. The summed E-state index contributed by atoms with van der Waals surface area (Å²) in [6.07, 6.45) is -0.315. The zero-order valence-electron chi connectivity index (χ0n) is 8.10. The molecular weight excluding hydrogens is 194 g/mol. The van der Waals surface area contributed by atoms with Crippen LogP contribution in [-0.2, 0) is 0 Å². The third-order valence-electron chi connectivity index (χ3n) is 1.79. The molecule has 0 aliphatic rings. The zero-order valence-corrected chi connectivity index (χ0v) is 8.92. The van der Waals surface area contributed by atoms with Crippen molar-refractivity contribution >= 4 is 11.8 Å². The first kappa shape index (κ1) is 11.1. The normalized spacial score (nSPS) is 12.1. The van der Waals surface area contributed by atoms with Crippen LogP contribution in [0.15, 0.2) is 29.2 Å². The van der Waals surface area contributed by atoms with Crippen LogP contribution in [0.2, 0.25) is 0 Å². The van der Waals surface area contributed by atoms with Gasteiger partial charge in [-0.15, -0.1) is 11.8 Å². The summed E-state index contributed by atoms with van der Waals surface area (Å²) in [7, 11) is 0. The molecule has 74 valence electrons. The van der Waals surface area contributed by atoms with E-state index in [0.717, 1.165) is 4.90 Å². The Bertz CT molecular complexity index is 315. The molecule has 1 aromatic carbocycles. The Hall–Kier alpha value is -0.980. The van der Waals surface area contributed by atoms with Gasteiger partial charge >= 0.3 is 0 Å². The van der Waals surface area contributed by atoms with E-state index in [1.54, 1.807) is 11.8 Å². The highest BCUT2D eigenvalue weighted by Gasteiger charge is 2.03. The molecule has 0 saturated heterocycles. The molecule has 0 saturated carbocycles. The molecule has 0 heterocycles. The lowest BCUT2D eigenvalue weighted by Gasteiger charge is -2.05. The number of aliphatic hydroxyl groups is 1. The molecule has 1 atom stereocenters.